The highest BCUT2D eigenvalue weighted by Gasteiger charge is 2.45. The van der Waals surface area contributed by atoms with Gasteiger partial charge in [-0.2, -0.15) is 0 Å². The molecular weight excluding hydrogens is 176 g/mol. The summed E-state index contributed by atoms with van der Waals surface area (Å²) in [7, 11) is 1.83. The number of methoxy groups -OCH3 is 1. The van der Waals surface area contributed by atoms with Crippen LogP contribution in [0.1, 0.15) is 40.0 Å². The summed E-state index contributed by atoms with van der Waals surface area (Å²) in [6.07, 6.45) is 4.13. The first-order chi connectivity index (χ1) is 6.67. The van der Waals surface area contributed by atoms with Gasteiger partial charge >= 0.3 is 0 Å². The van der Waals surface area contributed by atoms with Crippen LogP contribution in [0.5, 0.6) is 0 Å². The van der Waals surface area contributed by atoms with Gasteiger partial charge in [0.25, 0.3) is 0 Å². The second kappa shape index (κ2) is 5.13. The van der Waals surface area contributed by atoms with Gasteiger partial charge in [0.2, 0.25) is 0 Å². The lowest BCUT2D eigenvalue weighted by Gasteiger charge is -2.38. The van der Waals surface area contributed by atoms with E-state index >= 15 is 0 Å². The highest BCUT2D eigenvalue weighted by atomic mass is 16.5. The Hall–Kier alpha value is -0.0800. The summed E-state index contributed by atoms with van der Waals surface area (Å²) in [4.78, 5) is 0. The molecule has 1 saturated carbocycles. The quantitative estimate of drug-likeness (QED) is 0.679. The predicted molar refractivity (Wildman–Crippen MR) is 58.4 cm³/mol. The van der Waals surface area contributed by atoms with Crippen molar-refractivity contribution in [2.75, 3.05) is 20.3 Å². The maximum atomic E-state index is 5.63. The third kappa shape index (κ3) is 2.12. The predicted octanol–water partition coefficient (Wildman–Crippen LogP) is 2.86. The van der Waals surface area contributed by atoms with E-state index in [1.54, 1.807) is 0 Å². The third-order valence-corrected chi connectivity index (χ3v) is 3.76. The van der Waals surface area contributed by atoms with Crippen molar-refractivity contribution in [1.29, 1.82) is 0 Å². The van der Waals surface area contributed by atoms with Crippen LogP contribution in [0, 0.1) is 11.3 Å². The Labute approximate surface area is 88.0 Å². The Morgan fingerprint density at radius 2 is 2.14 bits per heavy atom. The molecule has 2 heteroatoms. The second-order valence-electron chi connectivity index (χ2n) is 4.64. The monoisotopic (exact) mass is 200 g/mol. The first-order valence-electron chi connectivity index (χ1n) is 5.78. The van der Waals surface area contributed by atoms with E-state index in [1.807, 2.05) is 7.11 Å². The van der Waals surface area contributed by atoms with Gasteiger partial charge in [-0.1, -0.05) is 20.3 Å². The maximum Gasteiger partial charge on any atom is 0.0652 e. The molecule has 2 atom stereocenters. The lowest BCUT2D eigenvalue weighted by atomic mass is 9.74. The van der Waals surface area contributed by atoms with Crippen molar-refractivity contribution in [3.05, 3.63) is 0 Å². The van der Waals surface area contributed by atoms with E-state index < -0.39 is 0 Å². The average molecular weight is 200 g/mol. The number of hydrogen-bond donors (Lipinski definition) is 0. The summed E-state index contributed by atoms with van der Waals surface area (Å²) in [5.74, 6) is 0.640. The molecule has 0 aromatic heterocycles. The molecule has 2 unspecified atom stereocenters. The molecule has 0 aromatic carbocycles. The van der Waals surface area contributed by atoms with Gasteiger partial charge in [-0.15, -0.1) is 0 Å². The van der Waals surface area contributed by atoms with Crippen LogP contribution >= 0.6 is 0 Å². The van der Waals surface area contributed by atoms with Crippen LogP contribution in [0.4, 0.5) is 0 Å². The van der Waals surface area contributed by atoms with Gasteiger partial charge in [0, 0.05) is 19.1 Å². The van der Waals surface area contributed by atoms with Crippen LogP contribution in [-0.2, 0) is 9.47 Å². The minimum atomic E-state index is 0.269. The average Bonchev–Trinajstić information content (AvgIpc) is 2.58. The maximum absolute atomic E-state index is 5.63. The molecule has 2 nitrogen and oxygen atoms in total. The van der Waals surface area contributed by atoms with Crippen molar-refractivity contribution >= 4 is 0 Å². The second-order valence-corrected chi connectivity index (χ2v) is 4.64. The number of hydrogen-bond acceptors (Lipinski definition) is 2. The standard InChI is InChI=1S/C12H24O2/c1-5-14-9-12(10(2)3)8-6-7-11(12)13-4/h10-11H,5-9H2,1-4H3. The minimum absolute atomic E-state index is 0.269. The van der Waals surface area contributed by atoms with E-state index in [0.29, 0.717) is 12.0 Å². The molecule has 0 heterocycles. The van der Waals surface area contributed by atoms with Crippen molar-refractivity contribution in [2.45, 2.75) is 46.1 Å². The van der Waals surface area contributed by atoms with Gasteiger partial charge < -0.3 is 9.47 Å². The van der Waals surface area contributed by atoms with Crippen LogP contribution in [0.3, 0.4) is 0 Å². The first-order valence-corrected chi connectivity index (χ1v) is 5.78. The van der Waals surface area contributed by atoms with Gasteiger partial charge in [-0.05, 0) is 25.7 Å². The summed E-state index contributed by atoms with van der Waals surface area (Å²) >= 11 is 0. The number of rotatable bonds is 5. The van der Waals surface area contributed by atoms with Crippen LogP contribution in [-0.4, -0.2) is 26.4 Å². The molecule has 0 aromatic rings. The zero-order valence-electron chi connectivity index (χ0n) is 10.0. The van der Waals surface area contributed by atoms with Crippen LogP contribution < -0.4 is 0 Å². The molecule has 0 spiro atoms. The van der Waals surface area contributed by atoms with Crippen molar-refractivity contribution in [1.82, 2.24) is 0 Å². The smallest absolute Gasteiger partial charge is 0.0652 e. The van der Waals surface area contributed by atoms with Gasteiger partial charge in [0.1, 0.15) is 0 Å². The zero-order chi connectivity index (χ0) is 10.6. The minimum Gasteiger partial charge on any atom is -0.381 e. The SMILES string of the molecule is CCOCC1(C(C)C)CCCC1OC. The highest BCUT2D eigenvalue weighted by Crippen LogP contribution is 2.46. The van der Waals surface area contributed by atoms with Crippen LogP contribution in [0.2, 0.25) is 0 Å². The van der Waals surface area contributed by atoms with E-state index in [1.165, 1.54) is 19.3 Å². The van der Waals surface area contributed by atoms with Crippen molar-refractivity contribution < 1.29 is 9.47 Å². The molecule has 1 aliphatic carbocycles. The molecule has 84 valence electrons. The van der Waals surface area contributed by atoms with Crippen molar-refractivity contribution in [2.24, 2.45) is 11.3 Å². The Kier molecular flexibility index (Phi) is 4.39. The molecule has 1 fully saturated rings. The Morgan fingerprint density at radius 3 is 2.64 bits per heavy atom. The van der Waals surface area contributed by atoms with E-state index in [-0.39, 0.29) is 5.41 Å². The van der Waals surface area contributed by atoms with Crippen LogP contribution in [0.25, 0.3) is 0 Å². The molecule has 1 rings (SSSR count). The Morgan fingerprint density at radius 1 is 1.43 bits per heavy atom. The molecule has 0 aliphatic heterocycles. The third-order valence-electron chi connectivity index (χ3n) is 3.76. The lowest BCUT2D eigenvalue weighted by molar-refractivity contribution is -0.0693. The van der Waals surface area contributed by atoms with E-state index in [2.05, 4.69) is 20.8 Å². The fraction of sp³-hybridized carbons (Fsp3) is 1.00. The molecule has 0 radical (unpaired) electrons. The van der Waals surface area contributed by atoms with Gasteiger partial charge in [-0.3, -0.25) is 0 Å². The van der Waals surface area contributed by atoms with Gasteiger partial charge in [-0.25, -0.2) is 0 Å². The summed E-state index contributed by atoms with van der Waals surface area (Å²) in [5, 5.41) is 0. The van der Waals surface area contributed by atoms with E-state index in [0.717, 1.165) is 13.2 Å². The lowest BCUT2D eigenvalue weighted by Crippen LogP contribution is -2.40. The Bertz CT molecular complexity index is 168. The van der Waals surface area contributed by atoms with Gasteiger partial charge in [0.05, 0.1) is 12.7 Å². The van der Waals surface area contributed by atoms with E-state index in [9.17, 15) is 0 Å². The van der Waals surface area contributed by atoms with E-state index in [4.69, 9.17) is 9.47 Å². The summed E-state index contributed by atoms with van der Waals surface area (Å²) in [6.45, 7) is 8.31. The molecule has 14 heavy (non-hydrogen) atoms. The molecule has 0 amide bonds. The largest absolute Gasteiger partial charge is 0.381 e. The summed E-state index contributed by atoms with van der Waals surface area (Å²) in [5.41, 5.74) is 0.269. The van der Waals surface area contributed by atoms with Crippen molar-refractivity contribution in [3.63, 3.8) is 0 Å². The van der Waals surface area contributed by atoms with Crippen molar-refractivity contribution in [3.8, 4) is 0 Å². The molecular formula is C12H24O2. The zero-order valence-corrected chi connectivity index (χ0v) is 10.0. The first kappa shape index (κ1) is 12.0. The fourth-order valence-corrected chi connectivity index (χ4v) is 2.70. The molecule has 1 aliphatic rings. The number of ether oxygens (including phenoxy) is 2. The fourth-order valence-electron chi connectivity index (χ4n) is 2.70. The summed E-state index contributed by atoms with van der Waals surface area (Å²) in [6, 6.07) is 0. The molecule has 0 N–H and O–H groups in total. The summed E-state index contributed by atoms with van der Waals surface area (Å²) < 4.78 is 11.2. The normalized spacial score (nSPS) is 32.8. The molecule has 0 saturated heterocycles. The topological polar surface area (TPSA) is 18.5 Å². The highest BCUT2D eigenvalue weighted by molar-refractivity contribution is 4.95. The van der Waals surface area contributed by atoms with Gasteiger partial charge in [0.15, 0.2) is 0 Å². The van der Waals surface area contributed by atoms with Crippen LogP contribution in [0.15, 0.2) is 0 Å². The Balaban J connectivity index is 2.69. The molecule has 0 bridgehead atoms.